The van der Waals surface area contributed by atoms with Crippen LogP contribution in [0.1, 0.15) is 5.56 Å². The monoisotopic (exact) mass is 306 g/mol. The summed E-state index contributed by atoms with van der Waals surface area (Å²) in [6, 6.07) is 8.47. The molecule has 2 aromatic carbocycles. The normalized spacial score (nSPS) is 11.7. The average Bonchev–Trinajstić information content (AvgIpc) is 2.87. The zero-order valence-corrected chi connectivity index (χ0v) is 11.8. The van der Waals surface area contributed by atoms with Crippen molar-refractivity contribution in [3.8, 4) is 0 Å². The lowest BCUT2D eigenvalue weighted by Gasteiger charge is -2.10. The lowest BCUT2D eigenvalue weighted by atomic mass is 10.2. The smallest absolute Gasteiger partial charge is 0.262 e. The minimum atomic E-state index is -3.83. The fourth-order valence-electron chi connectivity index (χ4n) is 2.06. The quantitative estimate of drug-likeness (QED) is 0.776. The molecule has 0 saturated heterocycles. The fourth-order valence-corrected chi connectivity index (χ4v) is 3.36. The van der Waals surface area contributed by atoms with Crippen LogP contribution in [0, 0.1) is 12.7 Å². The molecule has 108 valence electrons. The molecule has 0 aliphatic carbocycles. The lowest BCUT2D eigenvalue weighted by Crippen LogP contribution is -2.14. The first-order valence-electron chi connectivity index (χ1n) is 6.06. The Morgan fingerprint density at radius 1 is 1.19 bits per heavy atom. The van der Waals surface area contributed by atoms with Crippen LogP contribution in [0.3, 0.4) is 0 Å². The number of aromatic amines is 1. The van der Waals surface area contributed by atoms with Gasteiger partial charge in [0.25, 0.3) is 10.0 Å². The summed E-state index contributed by atoms with van der Waals surface area (Å²) in [5, 5.41) is 10.2. The van der Waals surface area contributed by atoms with Gasteiger partial charge < -0.3 is 0 Å². The van der Waals surface area contributed by atoms with Crippen LogP contribution in [0.4, 0.5) is 10.1 Å². The molecule has 0 aliphatic heterocycles. The van der Waals surface area contributed by atoms with Crippen molar-refractivity contribution in [1.82, 2.24) is 15.4 Å². The van der Waals surface area contributed by atoms with Gasteiger partial charge in [-0.2, -0.15) is 15.4 Å². The number of hydrogen-bond acceptors (Lipinski definition) is 4. The van der Waals surface area contributed by atoms with Gasteiger partial charge in [0, 0.05) is 0 Å². The molecular formula is C13H11FN4O2S. The Hall–Kier alpha value is -2.48. The van der Waals surface area contributed by atoms with Crippen molar-refractivity contribution in [3.05, 3.63) is 47.8 Å². The van der Waals surface area contributed by atoms with E-state index in [1.807, 2.05) is 0 Å². The summed E-state index contributed by atoms with van der Waals surface area (Å²) in [5.74, 6) is -0.481. The summed E-state index contributed by atoms with van der Waals surface area (Å²) in [7, 11) is -3.83. The van der Waals surface area contributed by atoms with Crippen molar-refractivity contribution in [1.29, 1.82) is 0 Å². The van der Waals surface area contributed by atoms with Gasteiger partial charge in [-0.05, 0) is 42.8 Å². The summed E-state index contributed by atoms with van der Waals surface area (Å²) in [6.07, 6.45) is 0. The number of anilines is 1. The Bertz CT molecular complexity index is 921. The third kappa shape index (κ3) is 2.45. The molecule has 6 nitrogen and oxygen atoms in total. The number of halogens is 1. The van der Waals surface area contributed by atoms with Crippen molar-refractivity contribution in [2.24, 2.45) is 0 Å². The molecule has 3 aromatic rings. The van der Waals surface area contributed by atoms with Crippen LogP contribution in [0.2, 0.25) is 0 Å². The number of aromatic nitrogens is 3. The molecule has 0 saturated carbocycles. The second-order valence-electron chi connectivity index (χ2n) is 4.51. The number of H-pyrrole nitrogens is 1. The maximum absolute atomic E-state index is 13.1. The number of para-hydroxylation sites is 1. The molecule has 8 heteroatoms. The van der Waals surface area contributed by atoms with Gasteiger partial charge in [-0.1, -0.05) is 6.07 Å². The summed E-state index contributed by atoms with van der Waals surface area (Å²) in [5.41, 5.74) is 1.60. The Kier molecular flexibility index (Phi) is 3.09. The standard InChI is InChI=1S/C13H11FN4O2S/c1-8-7-9(14)5-6-12(8)21(19,20)17-11-4-2-3-10-13(11)16-18-15-10/h2-7,17H,1H3,(H,15,16,18). The van der Waals surface area contributed by atoms with Crippen LogP contribution < -0.4 is 4.72 Å². The van der Waals surface area contributed by atoms with Gasteiger partial charge in [0.05, 0.1) is 10.6 Å². The number of fused-ring (bicyclic) bond motifs is 1. The largest absolute Gasteiger partial charge is 0.277 e. The molecule has 21 heavy (non-hydrogen) atoms. The fraction of sp³-hybridized carbons (Fsp3) is 0.0769. The highest BCUT2D eigenvalue weighted by Gasteiger charge is 2.19. The summed E-state index contributed by atoms with van der Waals surface area (Å²) in [4.78, 5) is 0.0180. The third-order valence-corrected chi connectivity index (χ3v) is 4.54. The van der Waals surface area contributed by atoms with E-state index in [1.54, 1.807) is 18.2 Å². The van der Waals surface area contributed by atoms with Crippen LogP contribution in [0.15, 0.2) is 41.3 Å². The predicted molar refractivity (Wildman–Crippen MR) is 75.8 cm³/mol. The summed E-state index contributed by atoms with van der Waals surface area (Å²) >= 11 is 0. The van der Waals surface area contributed by atoms with Crippen molar-refractivity contribution < 1.29 is 12.8 Å². The molecule has 0 unspecified atom stereocenters. The molecule has 0 aliphatic rings. The van der Waals surface area contributed by atoms with Gasteiger partial charge >= 0.3 is 0 Å². The van der Waals surface area contributed by atoms with Gasteiger partial charge in [0.2, 0.25) is 0 Å². The Labute approximate surface area is 120 Å². The van der Waals surface area contributed by atoms with Gasteiger partial charge in [-0.25, -0.2) is 12.8 Å². The first kappa shape index (κ1) is 13.5. The van der Waals surface area contributed by atoms with Crippen LogP contribution in [-0.4, -0.2) is 23.8 Å². The van der Waals surface area contributed by atoms with E-state index in [0.29, 0.717) is 22.3 Å². The van der Waals surface area contributed by atoms with Crippen LogP contribution in [0.5, 0.6) is 0 Å². The Balaban J connectivity index is 2.05. The number of rotatable bonds is 3. The molecule has 1 aromatic heterocycles. The van der Waals surface area contributed by atoms with Crippen molar-refractivity contribution in [2.45, 2.75) is 11.8 Å². The molecule has 3 rings (SSSR count). The second-order valence-corrected chi connectivity index (χ2v) is 6.16. The van der Waals surface area contributed by atoms with Crippen molar-refractivity contribution >= 4 is 26.7 Å². The number of aryl methyl sites for hydroxylation is 1. The number of sulfonamides is 1. The van der Waals surface area contributed by atoms with E-state index in [0.717, 1.165) is 6.07 Å². The van der Waals surface area contributed by atoms with Crippen LogP contribution in [0.25, 0.3) is 11.0 Å². The zero-order valence-electron chi connectivity index (χ0n) is 11.0. The maximum Gasteiger partial charge on any atom is 0.262 e. The lowest BCUT2D eigenvalue weighted by molar-refractivity contribution is 0.598. The summed E-state index contributed by atoms with van der Waals surface area (Å²) < 4.78 is 40.4. The second kappa shape index (κ2) is 4.81. The molecular weight excluding hydrogens is 295 g/mol. The highest BCUT2D eigenvalue weighted by Crippen LogP contribution is 2.24. The molecule has 2 N–H and O–H groups in total. The number of nitrogens with one attached hydrogen (secondary N) is 2. The number of benzene rings is 2. The SMILES string of the molecule is Cc1cc(F)ccc1S(=O)(=O)Nc1cccc2n[nH]nc12. The first-order chi connectivity index (χ1) is 9.97. The highest BCUT2D eigenvalue weighted by molar-refractivity contribution is 7.92. The topological polar surface area (TPSA) is 87.7 Å². The van der Waals surface area contributed by atoms with Gasteiger partial charge in [0.1, 0.15) is 16.9 Å². The maximum atomic E-state index is 13.1. The van der Waals surface area contributed by atoms with E-state index in [4.69, 9.17) is 0 Å². The molecule has 0 atom stereocenters. The van der Waals surface area contributed by atoms with Crippen LogP contribution in [-0.2, 0) is 10.0 Å². The van der Waals surface area contributed by atoms with E-state index in [2.05, 4.69) is 20.1 Å². The highest BCUT2D eigenvalue weighted by atomic mass is 32.2. The average molecular weight is 306 g/mol. The van der Waals surface area contributed by atoms with E-state index < -0.39 is 15.8 Å². The van der Waals surface area contributed by atoms with Crippen molar-refractivity contribution in [2.75, 3.05) is 4.72 Å². The van der Waals surface area contributed by atoms with E-state index in [-0.39, 0.29) is 4.90 Å². The number of hydrogen-bond donors (Lipinski definition) is 2. The van der Waals surface area contributed by atoms with Gasteiger partial charge in [0.15, 0.2) is 0 Å². The summed E-state index contributed by atoms with van der Waals surface area (Å²) in [6.45, 7) is 1.54. The van der Waals surface area contributed by atoms with E-state index in [9.17, 15) is 12.8 Å². The minimum Gasteiger partial charge on any atom is -0.277 e. The van der Waals surface area contributed by atoms with Gasteiger partial charge in [-0.15, -0.1) is 0 Å². The molecule has 0 bridgehead atoms. The number of nitrogens with zero attached hydrogens (tertiary/aromatic N) is 2. The molecule has 1 heterocycles. The predicted octanol–water partition coefficient (Wildman–Crippen LogP) is 2.21. The Morgan fingerprint density at radius 3 is 2.76 bits per heavy atom. The van der Waals surface area contributed by atoms with Crippen molar-refractivity contribution in [3.63, 3.8) is 0 Å². The minimum absolute atomic E-state index is 0.0180. The molecule has 0 fully saturated rings. The molecule has 0 spiro atoms. The van der Waals surface area contributed by atoms with Gasteiger partial charge in [-0.3, -0.25) is 4.72 Å². The first-order valence-corrected chi connectivity index (χ1v) is 7.54. The van der Waals surface area contributed by atoms with Crippen LogP contribution >= 0.6 is 0 Å². The third-order valence-electron chi connectivity index (χ3n) is 3.02. The van der Waals surface area contributed by atoms with E-state index >= 15 is 0 Å². The zero-order chi connectivity index (χ0) is 15.0. The molecule has 0 radical (unpaired) electrons. The van der Waals surface area contributed by atoms with E-state index in [1.165, 1.54) is 19.1 Å². The molecule has 0 amide bonds. The Morgan fingerprint density at radius 2 is 2.00 bits per heavy atom.